The number of rotatable bonds is 8. The molecule has 33 heavy (non-hydrogen) atoms. The average molecular weight is 443 g/mol. The van der Waals surface area contributed by atoms with Gasteiger partial charge in [0.2, 0.25) is 0 Å². The van der Waals surface area contributed by atoms with Gasteiger partial charge in [-0.05, 0) is 35.8 Å². The van der Waals surface area contributed by atoms with Gasteiger partial charge in [0, 0.05) is 49.1 Å². The van der Waals surface area contributed by atoms with Crippen molar-refractivity contribution in [3.8, 4) is 0 Å². The van der Waals surface area contributed by atoms with Crippen LogP contribution >= 0.6 is 0 Å². The molecular weight excluding hydrogens is 416 g/mol. The van der Waals surface area contributed by atoms with Gasteiger partial charge in [-0.25, -0.2) is 10.5 Å². The molecule has 7 heteroatoms. The van der Waals surface area contributed by atoms with Gasteiger partial charge in [0.25, 0.3) is 5.91 Å². The summed E-state index contributed by atoms with van der Waals surface area (Å²) in [5.41, 5.74) is 4.91. The van der Waals surface area contributed by atoms with Gasteiger partial charge in [0.05, 0.1) is 0 Å². The van der Waals surface area contributed by atoms with E-state index in [9.17, 15) is 9.59 Å². The molecule has 1 aromatic heterocycles. The van der Waals surface area contributed by atoms with Crippen molar-refractivity contribution in [1.29, 1.82) is 0 Å². The lowest BCUT2D eigenvalue weighted by molar-refractivity contribution is -0.124. The molecule has 3 N–H and O–H groups in total. The minimum atomic E-state index is -0.583. The number of nitrogens with zero attached hydrogens (tertiary/aromatic N) is 2. The van der Waals surface area contributed by atoms with Crippen LogP contribution in [-0.2, 0) is 11.3 Å². The number of amides is 1. The van der Waals surface area contributed by atoms with Crippen molar-refractivity contribution >= 4 is 23.6 Å². The van der Waals surface area contributed by atoms with Gasteiger partial charge in [0.1, 0.15) is 5.82 Å². The molecule has 1 saturated heterocycles. The molecule has 2 heterocycles. The van der Waals surface area contributed by atoms with Gasteiger partial charge >= 0.3 is 0 Å². The number of likely N-dealkylation sites (tertiary alicyclic amines) is 1. The zero-order valence-electron chi connectivity index (χ0n) is 18.1. The van der Waals surface area contributed by atoms with E-state index in [-0.39, 0.29) is 5.78 Å². The normalized spacial score (nSPS) is 16.1. The van der Waals surface area contributed by atoms with Crippen LogP contribution < -0.4 is 10.8 Å². The predicted octanol–water partition coefficient (Wildman–Crippen LogP) is 3.52. The molecule has 0 radical (unpaired) electrons. The number of carbonyl (C=O) groups is 2. The summed E-state index contributed by atoms with van der Waals surface area (Å²) in [6.45, 7) is 2.73. The van der Waals surface area contributed by atoms with Crippen molar-refractivity contribution in [1.82, 2.24) is 15.4 Å². The monoisotopic (exact) mass is 442 g/mol. The Morgan fingerprint density at radius 3 is 2.48 bits per heavy atom. The minimum absolute atomic E-state index is 0.0401. The first kappa shape index (κ1) is 22.4. The Bertz CT molecular complexity index is 1110. The van der Waals surface area contributed by atoms with Gasteiger partial charge in [-0.2, -0.15) is 0 Å². The van der Waals surface area contributed by atoms with E-state index in [0.717, 1.165) is 37.4 Å². The molecule has 3 aromatic rings. The number of hydrogen-bond donors (Lipinski definition) is 3. The molecule has 0 bridgehead atoms. The van der Waals surface area contributed by atoms with Crippen molar-refractivity contribution < 1.29 is 14.8 Å². The maximum atomic E-state index is 12.6. The first-order chi connectivity index (χ1) is 16.1. The molecule has 7 nitrogen and oxygen atoms in total. The lowest BCUT2D eigenvalue weighted by Gasteiger charge is -2.17. The van der Waals surface area contributed by atoms with Gasteiger partial charge in [-0.15, -0.1) is 0 Å². The maximum absolute atomic E-state index is 12.6. The summed E-state index contributed by atoms with van der Waals surface area (Å²) < 4.78 is 0. The predicted molar refractivity (Wildman–Crippen MR) is 127 cm³/mol. The molecule has 1 fully saturated rings. The van der Waals surface area contributed by atoms with Crippen LogP contribution in [0, 0.1) is 0 Å². The summed E-state index contributed by atoms with van der Waals surface area (Å²) in [5, 5.41) is 12.0. The fourth-order valence-corrected chi connectivity index (χ4v) is 3.88. The molecule has 1 aliphatic heterocycles. The van der Waals surface area contributed by atoms with E-state index >= 15 is 0 Å². The Kier molecular flexibility index (Phi) is 7.24. The number of benzene rings is 2. The number of pyridine rings is 1. The van der Waals surface area contributed by atoms with Gasteiger partial charge in [-0.3, -0.25) is 19.7 Å². The summed E-state index contributed by atoms with van der Waals surface area (Å²) >= 11 is 0. The maximum Gasteiger partial charge on any atom is 0.267 e. The van der Waals surface area contributed by atoms with Crippen LogP contribution in [0.25, 0.3) is 6.08 Å². The van der Waals surface area contributed by atoms with Crippen LogP contribution in [0.3, 0.4) is 0 Å². The zero-order chi connectivity index (χ0) is 23.0. The molecule has 2 aromatic carbocycles. The first-order valence-corrected chi connectivity index (χ1v) is 10.9. The Morgan fingerprint density at radius 2 is 1.79 bits per heavy atom. The molecule has 4 rings (SSSR count). The van der Waals surface area contributed by atoms with Crippen LogP contribution in [-0.4, -0.2) is 45.9 Å². The third-order valence-corrected chi connectivity index (χ3v) is 5.61. The lowest BCUT2D eigenvalue weighted by Crippen LogP contribution is -2.26. The molecule has 1 amide bonds. The van der Waals surface area contributed by atoms with Crippen LogP contribution in [0.15, 0.2) is 79.0 Å². The number of hydrogen-bond acceptors (Lipinski definition) is 6. The van der Waals surface area contributed by atoms with E-state index < -0.39 is 5.91 Å². The molecule has 0 unspecified atom stereocenters. The second kappa shape index (κ2) is 10.7. The van der Waals surface area contributed by atoms with Crippen LogP contribution in [0.1, 0.15) is 33.5 Å². The van der Waals surface area contributed by atoms with E-state index in [1.807, 2.05) is 66.7 Å². The average Bonchev–Trinajstić information content (AvgIpc) is 3.30. The molecule has 0 saturated carbocycles. The standard InChI is InChI=1S/C26H26N4O3/c31-25(29-33)13-9-19-8-12-24(27-16-19)28-23-14-15-30(18-23)17-20-6-10-22(11-7-20)26(32)21-4-2-1-3-5-21/h1-13,16,23,33H,14-15,17-18H2,(H,27,28)(H,29,31)/t23-/m1/s1. The van der Waals surface area contributed by atoms with Crippen molar-refractivity contribution in [2.75, 3.05) is 18.4 Å². The largest absolute Gasteiger partial charge is 0.366 e. The smallest absolute Gasteiger partial charge is 0.267 e. The van der Waals surface area contributed by atoms with E-state index in [1.54, 1.807) is 17.8 Å². The second-order valence-corrected chi connectivity index (χ2v) is 8.04. The summed E-state index contributed by atoms with van der Waals surface area (Å²) in [5.74, 6) is 0.244. The highest BCUT2D eigenvalue weighted by Crippen LogP contribution is 2.18. The summed E-state index contributed by atoms with van der Waals surface area (Å²) in [4.78, 5) is 30.4. The van der Waals surface area contributed by atoms with Crippen LogP contribution in [0.5, 0.6) is 0 Å². The van der Waals surface area contributed by atoms with Gasteiger partial charge < -0.3 is 5.32 Å². The van der Waals surface area contributed by atoms with E-state index in [2.05, 4.69) is 15.2 Å². The molecule has 1 atom stereocenters. The highest BCUT2D eigenvalue weighted by molar-refractivity contribution is 6.08. The zero-order valence-corrected chi connectivity index (χ0v) is 18.1. The topological polar surface area (TPSA) is 94.6 Å². The van der Waals surface area contributed by atoms with Crippen molar-refractivity contribution in [2.45, 2.75) is 19.0 Å². The molecule has 1 aliphatic rings. The SMILES string of the molecule is O=C(C=Cc1ccc(N[C@@H]2CCN(Cc3ccc(C(=O)c4ccccc4)cc3)C2)nc1)NO. The Balaban J connectivity index is 1.27. The lowest BCUT2D eigenvalue weighted by atomic mass is 10.0. The quantitative estimate of drug-likeness (QED) is 0.214. The fraction of sp³-hybridized carbons (Fsp3) is 0.192. The number of ketones is 1. The molecule has 0 spiro atoms. The number of hydroxylamine groups is 1. The molecule has 168 valence electrons. The molecule has 0 aliphatic carbocycles. The van der Waals surface area contributed by atoms with E-state index in [4.69, 9.17) is 5.21 Å². The number of aromatic nitrogens is 1. The van der Waals surface area contributed by atoms with Gasteiger partial charge in [-0.1, -0.05) is 54.6 Å². The number of anilines is 1. The Labute approximate surface area is 192 Å². The Hall–Kier alpha value is -3.81. The first-order valence-electron chi connectivity index (χ1n) is 10.9. The summed E-state index contributed by atoms with van der Waals surface area (Å²) in [7, 11) is 0. The third-order valence-electron chi connectivity index (χ3n) is 5.61. The number of nitrogens with one attached hydrogen (secondary N) is 2. The highest BCUT2D eigenvalue weighted by Gasteiger charge is 2.22. The molecular formula is C26H26N4O3. The summed E-state index contributed by atoms with van der Waals surface area (Å²) in [6.07, 6.45) is 5.51. The van der Waals surface area contributed by atoms with E-state index in [0.29, 0.717) is 17.2 Å². The van der Waals surface area contributed by atoms with E-state index in [1.165, 1.54) is 11.6 Å². The number of carbonyl (C=O) groups excluding carboxylic acids is 2. The minimum Gasteiger partial charge on any atom is -0.366 e. The third kappa shape index (κ3) is 6.12. The second-order valence-electron chi connectivity index (χ2n) is 8.04. The van der Waals surface area contributed by atoms with Crippen LogP contribution in [0.2, 0.25) is 0 Å². The van der Waals surface area contributed by atoms with Crippen molar-refractivity contribution in [3.05, 3.63) is 101 Å². The van der Waals surface area contributed by atoms with Crippen molar-refractivity contribution in [2.24, 2.45) is 0 Å². The van der Waals surface area contributed by atoms with Gasteiger partial charge in [0.15, 0.2) is 5.78 Å². The summed E-state index contributed by atoms with van der Waals surface area (Å²) in [6, 6.07) is 21.2. The Morgan fingerprint density at radius 1 is 1.03 bits per heavy atom. The van der Waals surface area contributed by atoms with Crippen molar-refractivity contribution in [3.63, 3.8) is 0 Å². The van der Waals surface area contributed by atoms with Crippen LogP contribution in [0.4, 0.5) is 5.82 Å². The fourth-order valence-electron chi connectivity index (χ4n) is 3.88. The highest BCUT2D eigenvalue weighted by atomic mass is 16.5.